The molecule has 138 valence electrons. The summed E-state index contributed by atoms with van der Waals surface area (Å²) < 4.78 is 29.1. The van der Waals surface area contributed by atoms with Crippen LogP contribution in [-0.2, 0) is 14.4 Å². The summed E-state index contributed by atoms with van der Waals surface area (Å²) in [6, 6.07) is 2.42. The number of carbonyl (C=O) groups excluding carboxylic acids is 2. The molecule has 6 nitrogen and oxygen atoms in total. The molecule has 1 aromatic carbocycles. The number of nitrogens with one attached hydrogen (secondary N) is 1. The minimum absolute atomic E-state index is 0.0520. The molecule has 1 aromatic rings. The van der Waals surface area contributed by atoms with E-state index in [1.165, 1.54) is 12.1 Å². The second-order valence-corrected chi connectivity index (χ2v) is 7.63. The van der Waals surface area contributed by atoms with Crippen molar-refractivity contribution in [2.45, 2.75) is 31.6 Å². The number of hydrogen-bond acceptors (Lipinski definition) is 4. The van der Waals surface area contributed by atoms with Crippen molar-refractivity contribution in [3.63, 3.8) is 0 Å². The number of halogens is 2. The van der Waals surface area contributed by atoms with Crippen molar-refractivity contribution >= 4 is 23.5 Å². The van der Waals surface area contributed by atoms with Gasteiger partial charge in [0.05, 0.1) is 11.8 Å². The van der Waals surface area contributed by atoms with Gasteiger partial charge in [0.1, 0.15) is 11.6 Å². The van der Waals surface area contributed by atoms with Crippen LogP contribution in [0.2, 0.25) is 0 Å². The summed E-state index contributed by atoms with van der Waals surface area (Å²) in [6.07, 6.45) is 1.33. The van der Waals surface area contributed by atoms with E-state index in [2.05, 4.69) is 5.32 Å². The number of anilines is 1. The van der Waals surface area contributed by atoms with Crippen LogP contribution in [0.1, 0.15) is 37.2 Å². The minimum atomic E-state index is -1.01. The normalized spacial score (nSPS) is 24.8. The van der Waals surface area contributed by atoms with Crippen molar-refractivity contribution in [2.24, 2.45) is 11.3 Å². The number of benzene rings is 1. The van der Waals surface area contributed by atoms with Crippen LogP contribution < -0.4 is 10.2 Å². The van der Waals surface area contributed by atoms with Crippen molar-refractivity contribution < 1.29 is 28.3 Å². The van der Waals surface area contributed by atoms with E-state index in [1.54, 1.807) is 0 Å². The van der Waals surface area contributed by atoms with Gasteiger partial charge in [-0.2, -0.15) is 0 Å². The lowest BCUT2D eigenvalue weighted by molar-refractivity contribution is -0.151. The molecule has 1 saturated carbocycles. The van der Waals surface area contributed by atoms with Gasteiger partial charge in [0.15, 0.2) is 0 Å². The van der Waals surface area contributed by atoms with Gasteiger partial charge in [-0.25, -0.2) is 8.78 Å². The summed E-state index contributed by atoms with van der Waals surface area (Å²) in [4.78, 5) is 35.8. The molecule has 1 spiro atoms. The predicted molar refractivity (Wildman–Crippen MR) is 86.5 cm³/mol. The molecule has 2 N–H and O–H groups in total. The Labute approximate surface area is 148 Å². The number of aliphatic carboxylic acids is 1. The highest BCUT2D eigenvalue weighted by atomic mass is 19.1. The maximum Gasteiger partial charge on any atom is 0.306 e. The lowest BCUT2D eigenvalue weighted by Crippen LogP contribution is -2.63. The monoisotopic (exact) mass is 364 g/mol. The molecule has 0 aromatic heterocycles. The molecule has 3 fully saturated rings. The zero-order chi connectivity index (χ0) is 18.6. The van der Waals surface area contributed by atoms with E-state index in [1.807, 2.05) is 4.90 Å². The SMILES string of the molecule is O=C1CC[C@H](c2c(F)cc(N3CC4(CC(C(=O)O)C4)C3)cc2F)C(=O)N1. The highest BCUT2D eigenvalue weighted by molar-refractivity contribution is 6.01. The molecule has 2 amide bonds. The van der Waals surface area contributed by atoms with E-state index in [9.17, 15) is 23.2 Å². The third-order valence-electron chi connectivity index (χ3n) is 5.78. The summed E-state index contributed by atoms with van der Waals surface area (Å²) in [7, 11) is 0. The first-order valence-electron chi connectivity index (χ1n) is 8.58. The van der Waals surface area contributed by atoms with Gasteiger partial charge in [0, 0.05) is 36.2 Å². The first kappa shape index (κ1) is 16.9. The number of amides is 2. The summed E-state index contributed by atoms with van der Waals surface area (Å²) in [5.41, 5.74) is 0.0298. The number of carboxylic acids is 1. The van der Waals surface area contributed by atoms with E-state index in [4.69, 9.17) is 5.11 Å². The number of rotatable bonds is 3. The number of nitrogens with zero attached hydrogens (tertiary/aromatic N) is 1. The number of carboxylic acid groups (broad SMARTS) is 1. The number of piperidine rings is 1. The van der Waals surface area contributed by atoms with E-state index >= 15 is 0 Å². The van der Waals surface area contributed by atoms with Gasteiger partial charge >= 0.3 is 5.97 Å². The lowest BCUT2D eigenvalue weighted by Gasteiger charge is -2.59. The first-order valence-corrected chi connectivity index (χ1v) is 8.58. The minimum Gasteiger partial charge on any atom is -0.481 e. The van der Waals surface area contributed by atoms with Crippen molar-refractivity contribution in [2.75, 3.05) is 18.0 Å². The summed E-state index contributed by atoms with van der Waals surface area (Å²) >= 11 is 0. The quantitative estimate of drug-likeness (QED) is 0.799. The topological polar surface area (TPSA) is 86.7 Å². The third-order valence-corrected chi connectivity index (χ3v) is 5.78. The highest BCUT2D eigenvalue weighted by Crippen LogP contribution is 2.53. The van der Waals surface area contributed by atoms with Crippen molar-refractivity contribution in [1.82, 2.24) is 5.32 Å². The third kappa shape index (κ3) is 2.64. The van der Waals surface area contributed by atoms with Crippen LogP contribution in [0.15, 0.2) is 12.1 Å². The number of carbonyl (C=O) groups is 3. The van der Waals surface area contributed by atoms with E-state index in [-0.39, 0.29) is 29.7 Å². The molecule has 2 aliphatic heterocycles. The molecule has 1 aliphatic carbocycles. The van der Waals surface area contributed by atoms with Gasteiger partial charge in [0.25, 0.3) is 0 Å². The highest BCUT2D eigenvalue weighted by Gasteiger charge is 2.54. The summed E-state index contributed by atoms with van der Waals surface area (Å²) in [6.45, 7) is 1.15. The van der Waals surface area contributed by atoms with Gasteiger partial charge in [-0.05, 0) is 31.4 Å². The molecule has 2 saturated heterocycles. The molecule has 8 heteroatoms. The van der Waals surface area contributed by atoms with E-state index < -0.39 is 35.3 Å². The zero-order valence-corrected chi connectivity index (χ0v) is 13.9. The number of imide groups is 1. The van der Waals surface area contributed by atoms with Crippen LogP contribution in [0.5, 0.6) is 0 Å². The largest absolute Gasteiger partial charge is 0.481 e. The van der Waals surface area contributed by atoms with Gasteiger partial charge in [0.2, 0.25) is 11.8 Å². The Bertz CT molecular complexity index is 788. The molecular formula is C18H18F2N2O4. The predicted octanol–water partition coefficient (Wildman–Crippen LogP) is 1.79. The molecule has 2 heterocycles. The second-order valence-electron chi connectivity index (χ2n) is 7.63. The Morgan fingerprint density at radius 1 is 1.19 bits per heavy atom. The van der Waals surface area contributed by atoms with Gasteiger partial charge in [-0.1, -0.05) is 0 Å². The van der Waals surface area contributed by atoms with Gasteiger partial charge in [-0.15, -0.1) is 0 Å². The Balaban J connectivity index is 1.48. The maximum absolute atomic E-state index is 14.5. The van der Waals surface area contributed by atoms with Crippen LogP contribution in [0.4, 0.5) is 14.5 Å². The standard InChI is InChI=1S/C18H18F2N2O4/c19-12-3-10(22-7-18(8-22)5-9(6-18)17(25)26)4-13(20)15(12)11-1-2-14(23)21-16(11)24/h3-4,9,11H,1-2,5-8H2,(H,25,26)(H,21,23,24)/t11-/m1/s1. The molecule has 4 rings (SSSR count). The Kier molecular flexibility index (Phi) is 3.75. The van der Waals surface area contributed by atoms with Crippen LogP contribution >= 0.6 is 0 Å². The Hall–Kier alpha value is -2.51. The van der Waals surface area contributed by atoms with Crippen molar-refractivity contribution in [1.29, 1.82) is 0 Å². The van der Waals surface area contributed by atoms with Gasteiger partial charge in [-0.3, -0.25) is 19.7 Å². The fourth-order valence-electron chi connectivity index (χ4n) is 4.42. The molecule has 0 bridgehead atoms. The van der Waals surface area contributed by atoms with Crippen LogP contribution in [0.3, 0.4) is 0 Å². The average Bonchev–Trinajstić information content (AvgIpc) is 2.45. The van der Waals surface area contributed by atoms with E-state index in [0.29, 0.717) is 31.6 Å². The molecule has 26 heavy (non-hydrogen) atoms. The van der Waals surface area contributed by atoms with Crippen LogP contribution in [0.25, 0.3) is 0 Å². The van der Waals surface area contributed by atoms with E-state index in [0.717, 1.165) is 0 Å². The molecule has 1 atom stereocenters. The molecule has 0 unspecified atom stereocenters. The van der Waals surface area contributed by atoms with Crippen molar-refractivity contribution in [3.8, 4) is 0 Å². The average molecular weight is 364 g/mol. The summed E-state index contributed by atoms with van der Waals surface area (Å²) in [5, 5.41) is 11.1. The molecule has 0 radical (unpaired) electrons. The van der Waals surface area contributed by atoms with Crippen LogP contribution in [0, 0.1) is 23.0 Å². The second kappa shape index (κ2) is 5.75. The Morgan fingerprint density at radius 3 is 2.35 bits per heavy atom. The Morgan fingerprint density at radius 2 is 1.81 bits per heavy atom. The number of hydrogen-bond donors (Lipinski definition) is 2. The fraction of sp³-hybridized carbons (Fsp3) is 0.500. The maximum atomic E-state index is 14.5. The van der Waals surface area contributed by atoms with Crippen LogP contribution in [-0.4, -0.2) is 36.0 Å². The zero-order valence-electron chi connectivity index (χ0n) is 13.9. The van der Waals surface area contributed by atoms with Gasteiger partial charge < -0.3 is 10.0 Å². The smallest absolute Gasteiger partial charge is 0.306 e. The van der Waals surface area contributed by atoms with Crippen molar-refractivity contribution in [3.05, 3.63) is 29.3 Å². The molecule has 3 aliphatic rings. The summed E-state index contributed by atoms with van der Waals surface area (Å²) in [5.74, 6) is -4.83. The first-order chi connectivity index (χ1) is 12.3. The molecular weight excluding hydrogens is 346 g/mol. The fourth-order valence-corrected chi connectivity index (χ4v) is 4.42. The lowest BCUT2D eigenvalue weighted by atomic mass is 9.57.